The third-order valence-electron chi connectivity index (χ3n) is 13.0. The standard InChI is InChI=1S/C64H66N4O8/c1-3-29-69-31-33-71-35-37-73-39-41-75-57-19-13-49(14-20-57)55-43-53-17-23-59-51(25-27-65-63(59)61(53)67-45-55)11-9-47-5-7-48(8-6-47)10-12-52-26-28-66-64-60(52)24-18-54-44-56(46-68-62(54)64)50-15-21-58(22-16-50)76-42-40-74-38-36-72-34-32-70-30-4-2/h3-8,13-28,43-46H,1-2,9-12,29-42H2. The van der Waals surface area contributed by atoms with Crippen LogP contribution < -0.4 is 9.47 Å². The van der Waals surface area contributed by atoms with Gasteiger partial charge in [-0.25, -0.2) is 0 Å². The number of hydrogen-bond donors (Lipinski definition) is 0. The van der Waals surface area contributed by atoms with Crippen molar-refractivity contribution in [3.05, 3.63) is 194 Å². The topological polar surface area (TPSA) is 125 Å². The second-order valence-electron chi connectivity index (χ2n) is 18.2. The summed E-state index contributed by atoms with van der Waals surface area (Å²) in [6.07, 6.45) is 14.8. The molecule has 4 aromatic heterocycles. The minimum Gasteiger partial charge on any atom is -0.491 e. The SMILES string of the molecule is C=CCOCCOCCOCCOc1ccc(-c2cnc3c(ccc4c(CCc5ccc(CCc6ccnc7c6ccc6cc(-c8ccc(OCCOCCOCCOCC=C)cc8)cnc67)cc5)ccnc43)c2)cc1. The Labute approximate surface area is 445 Å². The van der Waals surface area contributed by atoms with Crippen molar-refractivity contribution in [1.29, 1.82) is 0 Å². The van der Waals surface area contributed by atoms with Crippen LogP contribution in [-0.2, 0) is 54.1 Å². The Kier molecular flexibility index (Phi) is 20.0. The van der Waals surface area contributed by atoms with Gasteiger partial charge in [-0.15, -0.1) is 13.2 Å². The number of ether oxygens (including phenoxy) is 8. The first kappa shape index (κ1) is 53.4. The van der Waals surface area contributed by atoms with E-state index in [0.717, 1.165) is 103 Å². The second kappa shape index (κ2) is 28.5. The average Bonchev–Trinajstić information content (AvgIpc) is 3.47. The van der Waals surface area contributed by atoms with Gasteiger partial charge in [-0.2, -0.15) is 0 Å². The molecule has 0 saturated heterocycles. The summed E-state index contributed by atoms with van der Waals surface area (Å²) >= 11 is 0. The van der Waals surface area contributed by atoms with Gasteiger partial charge in [0.15, 0.2) is 0 Å². The van der Waals surface area contributed by atoms with Crippen LogP contribution in [0.25, 0.3) is 65.9 Å². The quantitative estimate of drug-likeness (QED) is 0.0226. The smallest absolute Gasteiger partial charge is 0.119 e. The van der Waals surface area contributed by atoms with Gasteiger partial charge in [-0.1, -0.05) is 84.9 Å². The van der Waals surface area contributed by atoms with Crippen LogP contribution >= 0.6 is 0 Å². The molecule has 0 unspecified atom stereocenters. The van der Waals surface area contributed by atoms with Crippen LogP contribution in [0.15, 0.2) is 171 Å². The molecule has 0 aliphatic rings. The number of hydrogen-bond acceptors (Lipinski definition) is 12. The van der Waals surface area contributed by atoms with Gasteiger partial charge in [0.05, 0.1) is 101 Å². The van der Waals surface area contributed by atoms with Gasteiger partial charge < -0.3 is 37.9 Å². The monoisotopic (exact) mass is 1020 g/mol. The first-order valence-electron chi connectivity index (χ1n) is 26.2. The van der Waals surface area contributed by atoms with E-state index in [2.05, 4.69) is 110 Å². The van der Waals surface area contributed by atoms with E-state index in [1.807, 2.05) is 49.1 Å². The number of pyridine rings is 4. The van der Waals surface area contributed by atoms with Crippen molar-refractivity contribution in [1.82, 2.24) is 19.9 Å². The molecule has 0 radical (unpaired) electrons. The zero-order valence-corrected chi connectivity index (χ0v) is 43.2. The highest BCUT2D eigenvalue weighted by Gasteiger charge is 2.12. The van der Waals surface area contributed by atoms with Crippen molar-refractivity contribution in [2.45, 2.75) is 25.7 Å². The lowest BCUT2D eigenvalue weighted by atomic mass is 9.97. The molecule has 9 rings (SSSR count). The van der Waals surface area contributed by atoms with Crippen LogP contribution in [0.1, 0.15) is 22.3 Å². The molecule has 0 atom stereocenters. The third-order valence-corrected chi connectivity index (χ3v) is 13.0. The van der Waals surface area contributed by atoms with Crippen molar-refractivity contribution in [2.24, 2.45) is 0 Å². The van der Waals surface area contributed by atoms with Gasteiger partial charge in [-0.05, 0) is 108 Å². The minimum atomic E-state index is 0.459. The average molecular weight is 1020 g/mol. The number of aromatic nitrogens is 4. The molecule has 0 N–H and O–H groups in total. The van der Waals surface area contributed by atoms with E-state index >= 15 is 0 Å². The maximum Gasteiger partial charge on any atom is 0.119 e. The van der Waals surface area contributed by atoms with E-state index in [9.17, 15) is 0 Å². The van der Waals surface area contributed by atoms with Crippen molar-refractivity contribution in [3.63, 3.8) is 0 Å². The summed E-state index contributed by atoms with van der Waals surface area (Å²) in [6, 6.07) is 42.6. The first-order valence-corrected chi connectivity index (χ1v) is 26.2. The largest absolute Gasteiger partial charge is 0.491 e. The summed E-state index contributed by atoms with van der Waals surface area (Å²) in [5.41, 5.74) is 13.0. The van der Waals surface area contributed by atoms with E-state index < -0.39 is 0 Å². The van der Waals surface area contributed by atoms with Crippen molar-refractivity contribution >= 4 is 43.6 Å². The molecule has 0 saturated carbocycles. The molecule has 4 heterocycles. The maximum atomic E-state index is 5.90. The Hall–Kier alpha value is -7.42. The Morgan fingerprint density at radius 1 is 0.342 bits per heavy atom. The highest BCUT2D eigenvalue weighted by molar-refractivity contribution is 6.05. The summed E-state index contributed by atoms with van der Waals surface area (Å²) in [4.78, 5) is 19.5. The Balaban J connectivity index is 0.732. The number of nitrogens with zero attached hydrogens (tertiary/aromatic N) is 4. The van der Waals surface area contributed by atoms with Crippen molar-refractivity contribution in [2.75, 3.05) is 92.5 Å². The van der Waals surface area contributed by atoms with Crippen LogP contribution in [0.4, 0.5) is 0 Å². The van der Waals surface area contributed by atoms with E-state index in [0.29, 0.717) is 92.5 Å². The fourth-order valence-electron chi connectivity index (χ4n) is 9.05. The molecule has 9 aromatic rings. The van der Waals surface area contributed by atoms with Crippen molar-refractivity contribution in [3.8, 4) is 33.8 Å². The van der Waals surface area contributed by atoms with E-state index in [1.165, 1.54) is 22.3 Å². The molecule has 390 valence electrons. The second-order valence-corrected chi connectivity index (χ2v) is 18.2. The Morgan fingerprint density at radius 3 is 1.12 bits per heavy atom. The first-order chi connectivity index (χ1) is 37.6. The van der Waals surface area contributed by atoms with Gasteiger partial charge in [0, 0.05) is 57.5 Å². The number of fused-ring (bicyclic) bond motifs is 6. The lowest BCUT2D eigenvalue weighted by Crippen LogP contribution is -2.12. The molecule has 0 spiro atoms. The van der Waals surface area contributed by atoms with Crippen LogP contribution in [0.2, 0.25) is 0 Å². The summed E-state index contributed by atoms with van der Waals surface area (Å²) in [7, 11) is 0. The molecular formula is C64H66N4O8. The summed E-state index contributed by atoms with van der Waals surface area (Å²) < 4.78 is 44.6. The Bertz CT molecular complexity index is 3060. The van der Waals surface area contributed by atoms with Gasteiger partial charge in [-0.3, -0.25) is 19.9 Å². The number of rotatable bonds is 32. The zero-order valence-electron chi connectivity index (χ0n) is 43.2. The van der Waals surface area contributed by atoms with Crippen LogP contribution in [-0.4, -0.2) is 112 Å². The summed E-state index contributed by atoms with van der Waals surface area (Å²) in [5, 5.41) is 4.39. The Morgan fingerprint density at radius 2 is 0.724 bits per heavy atom. The molecule has 0 amide bonds. The fraction of sp³-hybridized carbons (Fsp3) is 0.281. The molecule has 12 nitrogen and oxygen atoms in total. The lowest BCUT2D eigenvalue weighted by molar-refractivity contribution is 0.0135. The molecule has 12 heteroatoms. The molecule has 0 aliphatic heterocycles. The summed E-state index contributed by atoms with van der Waals surface area (Å²) in [5.74, 6) is 1.58. The predicted octanol–water partition coefficient (Wildman–Crippen LogP) is 12.0. The zero-order chi connectivity index (χ0) is 52.0. The summed E-state index contributed by atoms with van der Waals surface area (Å²) in [6.45, 7) is 14.4. The normalized spacial score (nSPS) is 11.5. The van der Waals surface area contributed by atoms with Gasteiger partial charge in [0.25, 0.3) is 0 Å². The van der Waals surface area contributed by atoms with E-state index in [1.54, 1.807) is 12.2 Å². The van der Waals surface area contributed by atoms with Crippen LogP contribution in [0, 0.1) is 0 Å². The molecule has 76 heavy (non-hydrogen) atoms. The number of aryl methyl sites for hydroxylation is 4. The fourth-order valence-corrected chi connectivity index (χ4v) is 9.05. The van der Waals surface area contributed by atoms with Gasteiger partial charge >= 0.3 is 0 Å². The van der Waals surface area contributed by atoms with Gasteiger partial charge in [0.1, 0.15) is 24.7 Å². The molecule has 0 bridgehead atoms. The van der Waals surface area contributed by atoms with E-state index in [-0.39, 0.29) is 0 Å². The lowest BCUT2D eigenvalue weighted by Gasteiger charge is -2.11. The van der Waals surface area contributed by atoms with Crippen molar-refractivity contribution < 1.29 is 37.9 Å². The highest BCUT2D eigenvalue weighted by atomic mass is 16.6. The predicted molar refractivity (Wildman–Crippen MR) is 303 cm³/mol. The third kappa shape index (κ3) is 14.9. The van der Waals surface area contributed by atoms with Crippen LogP contribution in [0.3, 0.4) is 0 Å². The van der Waals surface area contributed by atoms with Gasteiger partial charge in [0.2, 0.25) is 0 Å². The molecule has 0 fully saturated rings. The number of benzene rings is 5. The maximum absolute atomic E-state index is 5.90. The van der Waals surface area contributed by atoms with Crippen LogP contribution in [0.5, 0.6) is 11.5 Å². The minimum absolute atomic E-state index is 0.459. The molecular weight excluding hydrogens is 953 g/mol. The molecule has 0 aliphatic carbocycles. The molecule has 5 aromatic carbocycles. The van der Waals surface area contributed by atoms with E-state index in [4.69, 9.17) is 57.8 Å². The highest BCUT2D eigenvalue weighted by Crippen LogP contribution is 2.32.